The third-order valence-electron chi connectivity index (χ3n) is 2.15. The standard InChI is InChI=1S/C11H15ClN2O2/c1-2-8-7-9(3-4-10(8)12)16-6-5-11(13)14-15/h3-4,7,15H,2,5-6H2,1H3,(H2,13,14). The van der Waals surface area contributed by atoms with Gasteiger partial charge in [-0.2, -0.15) is 0 Å². The summed E-state index contributed by atoms with van der Waals surface area (Å²) < 4.78 is 5.45. The zero-order chi connectivity index (χ0) is 12.0. The minimum absolute atomic E-state index is 0.157. The molecule has 0 heterocycles. The summed E-state index contributed by atoms with van der Waals surface area (Å²) in [6, 6.07) is 5.50. The van der Waals surface area contributed by atoms with Crippen molar-refractivity contribution in [2.45, 2.75) is 19.8 Å². The van der Waals surface area contributed by atoms with E-state index in [2.05, 4.69) is 5.16 Å². The van der Waals surface area contributed by atoms with Crippen molar-refractivity contribution in [3.63, 3.8) is 0 Å². The molecule has 1 aromatic rings. The number of benzene rings is 1. The molecule has 16 heavy (non-hydrogen) atoms. The Balaban J connectivity index is 2.54. The molecule has 1 rings (SSSR count). The Morgan fingerprint density at radius 1 is 1.56 bits per heavy atom. The Morgan fingerprint density at radius 2 is 2.31 bits per heavy atom. The molecule has 0 bridgehead atoms. The van der Waals surface area contributed by atoms with Gasteiger partial charge in [-0.1, -0.05) is 23.7 Å². The topological polar surface area (TPSA) is 67.8 Å². The van der Waals surface area contributed by atoms with Crippen molar-refractivity contribution < 1.29 is 9.94 Å². The molecule has 5 heteroatoms. The molecule has 1 aromatic carbocycles. The molecular formula is C11H15ClN2O2. The Bertz CT molecular complexity index is 380. The van der Waals surface area contributed by atoms with Crippen LogP contribution in [0.25, 0.3) is 0 Å². The second kappa shape index (κ2) is 6.23. The monoisotopic (exact) mass is 242 g/mol. The number of rotatable bonds is 5. The van der Waals surface area contributed by atoms with Gasteiger partial charge in [-0.3, -0.25) is 0 Å². The lowest BCUT2D eigenvalue weighted by Crippen LogP contribution is -2.15. The van der Waals surface area contributed by atoms with Gasteiger partial charge >= 0.3 is 0 Å². The zero-order valence-electron chi connectivity index (χ0n) is 9.11. The van der Waals surface area contributed by atoms with Crippen LogP contribution in [0.5, 0.6) is 5.75 Å². The van der Waals surface area contributed by atoms with E-state index in [1.807, 2.05) is 13.0 Å². The van der Waals surface area contributed by atoms with E-state index < -0.39 is 0 Å². The molecule has 0 atom stereocenters. The van der Waals surface area contributed by atoms with Crippen LogP contribution < -0.4 is 10.5 Å². The summed E-state index contributed by atoms with van der Waals surface area (Å²) in [5, 5.41) is 11.9. The number of nitrogens with zero attached hydrogens (tertiary/aromatic N) is 1. The molecule has 0 saturated heterocycles. The highest BCUT2D eigenvalue weighted by Gasteiger charge is 2.01. The van der Waals surface area contributed by atoms with E-state index in [4.69, 9.17) is 27.3 Å². The van der Waals surface area contributed by atoms with Crippen molar-refractivity contribution in [3.05, 3.63) is 28.8 Å². The predicted octanol–water partition coefficient (Wildman–Crippen LogP) is 2.42. The van der Waals surface area contributed by atoms with E-state index in [1.165, 1.54) is 0 Å². The number of oxime groups is 1. The van der Waals surface area contributed by atoms with E-state index in [-0.39, 0.29) is 5.84 Å². The van der Waals surface area contributed by atoms with Gasteiger partial charge < -0.3 is 15.7 Å². The van der Waals surface area contributed by atoms with Crippen LogP contribution in [0.3, 0.4) is 0 Å². The molecule has 0 saturated carbocycles. The first kappa shape index (κ1) is 12.6. The van der Waals surface area contributed by atoms with Crippen molar-refractivity contribution in [1.82, 2.24) is 0 Å². The first-order valence-corrected chi connectivity index (χ1v) is 5.42. The number of nitrogens with two attached hydrogens (primary N) is 1. The van der Waals surface area contributed by atoms with Crippen LogP contribution in [0.4, 0.5) is 0 Å². The minimum Gasteiger partial charge on any atom is -0.493 e. The van der Waals surface area contributed by atoms with E-state index in [0.717, 1.165) is 22.8 Å². The average molecular weight is 243 g/mol. The van der Waals surface area contributed by atoms with Gasteiger partial charge in [0.1, 0.15) is 11.6 Å². The Morgan fingerprint density at radius 3 is 2.94 bits per heavy atom. The second-order valence-corrected chi connectivity index (χ2v) is 3.70. The van der Waals surface area contributed by atoms with Crippen LogP contribution in [0.1, 0.15) is 18.9 Å². The van der Waals surface area contributed by atoms with Gasteiger partial charge in [0.15, 0.2) is 0 Å². The van der Waals surface area contributed by atoms with Crippen molar-refractivity contribution in [3.8, 4) is 5.75 Å². The fourth-order valence-electron chi connectivity index (χ4n) is 1.24. The quantitative estimate of drug-likeness (QED) is 0.361. The van der Waals surface area contributed by atoms with Crippen molar-refractivity contribution in [2.75, 3.05) is 6.61 Å². The maximum absolute atomic E-state index is 8.34. The fourth-order valence-corrected chi connectivity index (χ4v) is 1.49. The molecule has 0 spiro atoms. The lowest BCUT2D eigenvalue weighted by atomic mass is 10.1. The van der Waals surface area contributed by atoms with Gasteiger partial charge in [0.05, 0.1) is 6.61 Å². The molecule has 4 nitrogen and oxygen atoms in total. The molecule has 0 amide bonds. The number of hydrogen-bond donors (Lipinski definition) is 2. The summed E-state index contributed by atoms with van der Waals surface area (Å²) >= 11 is 5.98. The highest BCUT2D eigenvalue weighted by Crippen LogP contribution is 2.22. The van der Waals surface area contributed by atoms with Crippen LogP contribution in [-0.2, 0) is 6.42 Å². The summed E-state index contributed by atoms with van der Waals surface area (Å²) in [7, 11) is 0. The molecule has 0 radical (unpaired) electrons. The molecule has 0 aliphatic heterocycles. The van der Waals surface area contributed by atoms with E-state index in [1.54, 1.807) is 12.1 Å². The summed E-state index contributed by atoms with van der Waals surface area (Å²) in [5.74, 6) is 0.900. The Kier molecular flexibility index (Phi) is 4.92. The molecule has 0 fully saturated rings. The Hall–Kier alpha value is -1.42. The first-order chi connectivity index (χ1) is 7.67. The highest BCUT2D eigenvalue weighted by atomic mass is 35.5. The number of hydrogen-bond acceptors (Lipinski definition) is 3. The van der Waals surface area contributed by atoms with Crippen molar-refractivity contribution >= 4 is 17.4 Å². The normalized spacial score (nSPS) is 11.5. The lowest BCUT2D eigenvalue weighted by Gasteiger charge is -2.08. The number of halogens is 1. The van der Waals surface area contributed by atoms with Gasteiger partial charge in [0.2, 0.25) is 0 Å². The summed E-state index contributed by atoms with van der Waals surface area (Å²) in [4.78, 5) is 0. The third kappa shape index (κ3) is 3.62. The van der Waals surface area contributed by atoms with Crippen molar-refractivity contribution in [1.29, 1.82) is 0 Å². The van der Waals surface area contributed by atoms with Gasteiger partial charge in [-0.05, 0) is 30.2 Å². The Labute approximate surface area is 99.7 Å². The molecule has 0 aliphatic carbocycles. The fraction of sp³-hybridized carbons (Fsp3) is 0.364. The van der Waals surface area contributed by atoms with Crippen LogP contribution >= 0.6 is 11.6 Å². The van der Waals surface area contributed by atoms with E-state index in [9.17, 15) is 0 Å². The maximum atomic E-state index is 8.34. The van der Waals surface area contributed by atoms with Crippen LogP contribution in [0.2, 0.25) is 5.02 Å². The van der Waals surface area contributed by atoms with E-state index >= 15 is 0 Å². The van der Waals surface area contributed by atoms with Crippen molar-refractivity contribution in [2.24, 2.45) is 10.9 Å². The van der Waals surface area contributed by atoms with Crippen LogP contribution in [-0.4, -0.2) is 17.6 Å². The van der Waals surface area contributed by atoms with Gasteiger partial charge in [0.25, 0.3) is 0 Å². The molecule has 0 unspecified atom stereocenters. The third-order valence-corrected chi connectivity index (χ3v) is 2.52. The lowest BCUT2D eigenvalue weighted by molar-refractivity contribution is 0.305. The van der Waals surface area contributed by atoms with Gasteiger partial charge in [-0.25, -0.2) is 0 Å². The predicted molar refractivity (Wildman–Crippen MR) is 64.4 cm³/mol. The zero-order valence-corrected chi connectivity index (χ0v) is 9.87. The number of amidine groups is 1. The summed E-state index contributed by atoms with van der Waals surface area (Å²) in [5.41, 5.74) is 6.36. The molecular weight excluding hydrogens is 228 g/mol. The maximum Gasteiger partial charge on any atom is 0.142 e. The van der Waals surface area contributed by atoms with E-state index in [0.29, 0.717) is 13.0 Å². The van der Waals surface area contributed by atoms with Gasteiger partial charge in [-0.15, -0.1) is 0 Å². The van der Waals surface area contributed by atoms with Gasteiger partial charge in [0, 0.05) is 11.4 Å². The highest BCUT2D eigenvalue weighted by molar-refractivity contribution is 6.31. The average Bonchev–Trinajstić information content (AvgIpc) is 2.31. The largest absolute Gasteiger partial charge is 0.493 e. The first-order valence-electron chi connectivity index (χ1n) is 5.05. The van der Waals surface area contributed by atoms with Crippen LogP contribution in [0.15, 0.2) is 23.4 Å². The minimum atomic E-state index is 0.157. The molecule has 88 valence electrons. The van der Waals surface area contributed by atoms with Crippen LogP contribution in [0, 0.1) is 0 Å². The molecule has 0 aliphatic rings. The number of aryl methyl sites for hydroxylation is 1. The summed E-state index contributed by atoms with van der Waals surface area (Å²) in [6.45, 7) is 2.40. The second-order valence-electron chi connectivity index (χ2n) is 3.30. The molecule has 0 aromatic heterocycles. The molecule has 3 N–H and O–H groups in total. The smallest absolute Gasteiger partial charge is 0.142 e. The SMILES string of the molecule is CCc1cc(OCC/C(N)=N/O)ccc1Cl. The number of ether oxygens (including phenoxy) is 1. The summed E-state index contributed by atoms with van der Waals surface area (Å²) in [6.07, 6.45) is 1.25.